The molecule has 1 heterocycles. The van der Waals surface area contributed by atoms with Gasteiger partial charge in [-0.2, -0.15) is 0 Å². The van der Waals surface area contributed by atoms with Crippen molar-refractivity contribution in [2.45, 2.75) is 13.5 Å². The molecule has 0 saturated carbocycles. The van der Waals surface area contributed by atoms with Crippen LogP contribution in [-0.4, -0.2) is 35.9 Å². The molecule has 0 aliphatic carbocycles. The molecule has 196 valence electrons. The Morgan fingerprint density at radius 3 is 2.53 bits per heavy atom. The Kier molecular flexibility index (Phi) is 8.80. The van der Waals surface area contributed by atoms with Crippen molar-refractivity contribution in [3.8, 4) is 11.5 Å². The predicted molar refractivity (Wildman–Crippen MR) is 147 cm³/mol. The van der Waals surface area contributed by atoms with Crippen LogP contribution in [0.4, 0.5) is 14.9 Å². The molecule has 0 radical (unpaired) electrons. The van der Waals surface area contributed by atoms with Crippen LogP contribution in [0.1, 0.15) is 18.1 Å². The number of carbonyl (C=O) groups is 3. The number of rotatable bonds is 9. The lowest BCUT2D eigenvalue weighted by Gasteiger charge is -2.15. The summed E-state index contributed by atoms with van der Waals surface area (Å²) in [7, 11) is 0. The second-order valence-corrected chi connectivity index (χ2v) is 9.86. The van der Waals surface area contributed by atoms with Crippen molar-refractivity contribution in [3.05, 3.63) is 92.3 Å². The fraction of sp³-hybridized carbons (Fsp3) is 0.148. The number of urea groups is 1. The zero-order chi connectivity index (χ0) is 27.2. The van der Waals surface area contributed by atoms with Gasteiger partial charge in [0.15, 0.2) is 11.5 Å². The van der Waals surface area contributed by atoms with E-state index in [0.29, 0.717) is 34.7 Å². The molecule has 38 heavy (non-hydrogen) atoms. The number of nitrogens with one attached hydrogen (secondary N) is 2. The van der Waals surface area contributed by atoms with Crippen LogP contribution in [0.3, 0.4) is 0 Å². The maximum Gasteiger partial charge on any atom is 0.329 e. The van der Waals surface area contributed by atoms with Gasteiger partial charge in [0.25, 0.3) is 5.91 Å². The van der Waals surface area contributed by atoms with E-state index >= 15 is 0 Å². The second-order valence-electron chi connectivity index (χ2n) is 8.09. The number of benzene rings is 3. The van der Waals surface area contributed by atoms with E-state index in [1.807, 2.05) is 31.2 Å². The zero-order valence-corrected chi connectivity index (χ0v) is 23.3. The smallest absolute Gasteiger partial charge is 0.329 e. The van der Waals surface area contributed by atoms with Gasteiger partial charge in [-0.3, -0.25) is 9.59 Å². The summed E-state index contributed by atoms with van der Waals surface area (Å²) in [5.41, 5.74) is 1.45. The van der Waals surface area contributed by atoms with Crippen LogP contribution in [-0.2, 0) is 16.2 Å². The number of hydrogen-bond acceptors (Lipinski definition) is 5. The summed E-state index contributed by atoms with van der Waals surface area (Å²) in [5.74, 6) is -1.09. The molecule has 11 heteroatoms. The summed E-state index contributed by atoms with van der Waals surface area (Å²) >= 11 is 6.91. The largest absolute Gasteiger partial charge is 0.490 e. The number of amides is 4. The molecule has 1 saturated heterocycles. The van der Waals surface area contributed by atoms with Gasteiger partial charge in [0.2, 0.25) is 5.91 Å². The van der Waals surface area contributed by atoms with Crippen LogP contribution >= 0.6 is 31.9 Å². The second kappa shape index (κ2) is 12.2. The first-order valence-corrected chi connectivity index (χ1v) is 13.1. The van der Waals surface area contributed by atoms with E-state index in [1.54, 1.807) is 18.2 Å². The number of nitrogens with zero attached hydrogens (tertiary/aromatic N) is 1. The minimum atomic E-state index is -0.761. The molecule has 1 aliphatic heterocycles. The molecule has 3 aromatic rings. The number of anilines is 1. The number of carbonyl (C=O) groups excluding carboxylic acids is 3. The number of ether oxygens (including phenoxy) is 2. The Balaban J connectivity index is 1.49. The third-order valence-corrected chi connectivity index (χ3v) is 6.47. The molecular formula is C27H22Br2FN3O5. The van der Waals surface area contributed by atoms with Crippen molar-refractivity contribution in [1.82, 2.24) is 10.2 Å². The van der Waals surface area contributed by atoms with E-state index in [4.69, 9.17) is 9.47 Å². The quantitative estimate of drug-likeness (QED) is 0.224. The molecule has 1 fully saturated rings. The van der Waals surface area contributed by atoms with Crippen LogP contribution in [0.5, 0.6) is 11.5 Å². The van der Waals surface area contributed by atoms with Crippen LogP contribution in [0.15, 0.2) is 75.3 Å². The minimum absolute atomic E-state index is 0.0217. The number of halogens is 3. The van der Waals surface area contributed by atoms with Crippen molar-refractivity contribution in [3.63, 3.8) is 0 Å². The first-order chi connectivity index (χ1) is 18.2. The molecule has 0 aromatic heterocycles. The van der Waals surface area contributed by atoms with E-state index in [-0.39, 0.29) is 11.4 Å². The van der Waals surface area contributed by atoms with E-state index in [0.717, 1.165) is 14.9 Å². The Morgan fingerprint density at radius 1 is 1.08 bits per heavy atom. The summed E-state index contributed by atoms with van der Waals surface area (Å²) in [5, 5.41) is 4.83. The van der Waals surface area contributed by atoms with Gasteiger partial charge in [-0.15, -0.1) is 0 Å². The standard InChI is InChI=1S/C27H22Br2FN3O5/c1-2-37-23-13-17(11-19(29)25(23)38-15-16-7-9-18(28)10-8-16)12-22-26(35)33(27(36)32-22)14-24(34)31-21-6-4-3-5-20(21)30/h3-13H,2,14-15H2,1H3,(H,31,34)(H,32,36)/b22-12+. The highest BCUT2D eigenvalue weighted by molar-refractivity contribution is 9.10. The third-order valence-electron chi connectivity index (χ3n) is 5.35. The third kappa shape index (κ3) is 6.59. The Morgan fingerprint density at radius 2 is 1.82 bits per heavy atom. The summed E-state index contributed by atoms with van der Waals surface area (Å²) in [4.78, 5) is 38.4. The first kappa shape index (κ1) is 27.3. The van der Waals surface area contributed by atoms with Gasteiger partial charge in [-0.25, -0.2) is 14.1 Å². The highest BCUT2D eigenvalue weighted by atomic mass is 79.9. The average molecular weight is 647 g/mol. The first-order valence-electron chi connectivity index (χ1n) is 11.5. The molecule has 2 N–H and O–H groups in total. The molecule has 0 unspecified atom stereocenters. The monoisotopic (exact) mass is 645 g/mol. The van der Waals surface area contributed by atoms with Crippen molar-refractivity contribution < 1.29 is 28.2 Å². The molecular weight excluding hydrogens is 625 g/mol. The molecule has 4 amide bonds. The average Bonchev–Trinajstić information content (AvgIpc) is 3.13. The minimum Gasteiger partial charge on any atom is -0.490 e. The lowest BCUT2D eigenvalue weighted by molar-refractivity contribution is -0.127. The Labute approximate surface area is 235 Å². The van der Waals surface area contributed by atoms with Crippen LogP contribution in [0, 0.1) is 5.82 Å². The Bertz CT molecular complexity index is 1410. The molecule has 4 rings (SSSR count). The highest BCUT2D eigenvalue weighted by Crippen LogP contribution is 2.38. The molecule has 8 nitrogen and oxygen atoms in total. The van der Waals surface area contributed by atoms with Gasteiger partial charge in [0.05, 0.1) is 16.8 Å². The van der Waals surface area contributed by atoms with E-state index in [2.05, 4.69) is 42.5 Å². The zero-order valence-electron chi connectivity index (χ0n) is 20.1. The topological polar surface area (TPSA) is 97.0 Å². The normalized spacial score (nSPS) is 14.0. The lowest BCUT2D eigenvalue weighted by atomic mass is 10.1. The van der Waals surface area contributed by atoms with Gasteiger partial charge < -0.3 is 20.1 Å². The fourth-order valence-corrected chi connectivity index (χ4v) is 4.43. The van der Waals surface area contributed by atoms with Gasteiger partial charge in [0, 0.05) is 4.47 Å². The fourth-order valence-electron chi connectivity index (χ4n) is 3.59. The summed E-state index contributed by atoms with van der Waals surface area (Å²) in [6, 6.07) is 16.0. The van der Waals surface area contributed by atoms with Gasteiger partial charge in [0.1, 0.15) is 24.7 Å². The summed E-state index contributed by atoms with van der Waals surface area (Å²) < 4.78 is 27.1. The maximum absolute atomic E-state index is 13.8. The van der Waals surface area contributed by atoms with E-state index in [1.165, 1.54) is 24.3 Å². The molecule has 1 aliphatic rings. The van der Waals surface area contributed by atoms with Gasteiger partial charge >= 0.3 is 6.03 Å². The van der Waals surface area contributed by atoms with Crippen LogP contribution in [0.2, 0.25) is 0 Å². The van der Waals surface area contributed by atoms with Crippen molar-refractivity contribution in [2.75, 3.05) is 18.5 Å². The molecule has 0 bridgehead atoms. The summed E-state index contributed by atoms with van der Waals surface area (Å²) in [6.07, 6.45) is 1.47. The highest BCUT2D eigenvalue weighted by Gasteiger charge is 2.35. The maximum atomic E-state index is 13.8. The number of hydrogen-bond donors (Lipinski definition) is 2. The van der Waals surface area contributed by atoms with Crippen molar-refractivity contribution in [2.24, 2.45) is 0 Å². The lowest BCUT2D eigenvalue weighted by Crippen LogP contribution is -2.38. The SMILES string of the molecule is CCOc1cc(/C=C2/NC(=O)N(CC(=O)Nc3ccccc3F)C2=O)cc(Br)c1OCc1ccc(Br)cc1. The number of para-hydroxylation sites is 1. The molecule has 3 aromatic carbocycles. The van der Waals surface area contributed by atoms with Crippen molar-refractivity contribution >= 4 is 61.5 Å². The van der Waals surface area contributed by atoms with Gasteiger partial charge in [-0.05, 0) is 76.5 Å². The van der Waals surface area contributed by atoms with Crippen molar-refractivity contribution in [1.29, 1.82) is 0 Å². The van der Waals surface area contributed by atoms with Crippen LogP contribution in [0.25, 0.3) is 6.08 Å². The van der Waals surface area contributed by atoms with Gasteiger partial charge in [-0.1, -0.05) is 40.2 Å². The predicted octanol–water partition coefficient (Wildman–Crippen LogP) is 5.86. The van der Waals surface area contributed by atoms with Crippen LogP contribution < -0.4 is 20.1 Å². The van der Waals surface area contributed by atoms with E-state index in [9.17, 15) is 18.8 Å². The Hall–Kier alpha value is -3.70. The van der Waals surface area contributed by atoms with E-state index < -0.39 is 30.2 Å². The molecule has 0 spiro atoms. The number of imide groups is 1. The molecule has 0 atom stereocenters. The summed E-state index contributed by atoms with van der Waals surface area (Å²) in [6.45, 7) is 1.95.